The smallest absolute Gasteiger partial charge is 0.188 e. The lowest BCUT2D eigenvalue weighted by Gasteiger charge is -2.19. The standard InChI is InChI=1S/C7H10BrNOS.C5H4BrNOS.CH4O/c1-7(2,10-3)6-9-5(8)4-11-6;1-3(8)5-7-4(6)2-9-5;1-2/h4H,1-3H3;2H,1H3;2H,1H3. The average Bonchev–Trinajstić information content (AvgIpc) is 3.11. The van der Waals surface area contributed by atoms with Gasteiger partial charge in [-0.05, 0) is 45.7 Å². The summed E-state index contributed by atoms with van der Waals surface area (Å²) in [7, 11) is 2.69. The normalized spacial score (nSPS) is 10.2. The number of aromatic nitrogens is 2. The van der Waals surface area contributed by atoms with Crippen molar-refractivity contribution in [3.05, 3.63) is 30.0 Å². The fourth-order valence-corrected chi connectivity index (χ4v) is 3.54. The Bertz CT molecular complexity index is 585. The summed E-state index contributed by atoms with van der Waals surface area (Å²) < 4.78 is 6.88. The van der Waals surface area contributed by atoms with Gasteiger partial charge in [-0.25, -0.2) is 9.97 Å². The predicted octanol–water partition coefficient (Wildman–Crippen LogP) is 4.50. The van der Waals surface area contributed by atoms with E-state index in [0.29, 0.717) is 5.01 Å². The molecule has 0 fully saturated rings. The SMILES string of the molecule is CC(=O)c1nc(Br)cs1.CO.COC(C)(C)c1nc(Br)cs1. The summed E-state index contributed by atoms with van der Waals surface area (Å²) in [5, 5.41) is 12.3. The van der Waals surface area contributed by atoms with Gasteiger partial charge in [0.25, 0.3) is 0 Å². The highest BCUT2D eigenvalue weighted by atomic mass is 79.9. The van der Waals surface area contributed by atoms with Crippen LogP contribution in [0.1, 0.15) is 35.6 Å². The average molecular weight is 474 g/mol. The lowest BCUT2D eigenvalue weighted by atomic mass is 10.1. The lowest BCUT2D eigenvalue weighted by molar-refractivity contribution is 0.0189. The molecule has 0 aliphatic carbocycles. The second-order valence-electron chi connectivity index (χ2n) is 4.22. The number of carbonyl (C=O) groups is 1. The largest absolute Gasteiger partial charge is 0.400 e. The summed E-state index contributed by atoms with van der Waals surface area (Å²) in [6.45, 7) is 5.50. The third-order valence-corrected chi connectivity index (χ3v) is 5.79. The molecule has 5 nitrogen and oxygen atoms in total. The number of ether oxygens (including phenoxy) is 1. The molecule has 2 rings (SSSR count). The topological polar surface area (TPSA) is 72.3 Å². The van der Waals surface area contributed by atoms with Crippen molar-refractivity contribution in [1.82, 2.24) is 9.97 Å². The number of rotatable bonds is 3. The molecule has 0 aromatic carbocycles. The van der Waals surface area contributed by atoms with E-state index in [9.17, 15) is 4.79 Å². The molecule has 22 heavy (non-hydrogen) atoms. The Balaban J connectivity index is 0.000000366. The first-order valence-electron chi connectivity index (χ1n) is 5.99. The maximum absolute atomic E-state index is 10.6. The monoisotopic (exact) mass is 472 g/mol. The molecule has 9 heteroatoms. The minimum Gasteiger partial charge on any atom is -0.400 e. The molecule has 0 radical (unpaired) electrons. The number of ketones is 1. The van der Waals surface area contributed by atoms with Gasteiger partial charge in [0.1, 0.15) is 19.8 Å². The summed E-state index contributed by atoms with van der Waals surface area (Å²) >= 11 is 9.39. The van der Waals surface area contributed by atoms with Gasteiger partial charge in [0, 0.05) is 31.9 Å². The number of aliphatic hydroxyl groups excluding tert-OH is 1. The molecule has 2 aromatic rings. The number of hydrogen-bond donors (Lipinski definition) is 1. The van der Waals surface area contributed by atoms with E-state index < -0.39 is 0 Å². The van der Waals surface area contributed by atoms with Crippen LogP contribution < -0.4 is 0 Å². The summed E-state index contributed by atoms with van der Waals surface area (Å²) in [6.07, 6.45) is 0. The number of thiazole rings is 2. The van der Waals surface area contributed by atoms with Crippen LogP contribution in [0.3, 0.4) is 0 Å². The van der Waals surface area contributed by atoms with Crippen LogP contribution in [0.4, 0.5) is 0 Å². The third kappa shape index (κ3) is 7.38. The Kier molecular flexibility index (Phi) is 10.5. The molecule has 124 valence electrons. The van der Waals surface area contributed by atoms with Gasteiger partial charge in [-0.2, -0.15) is 0 Å². The van der Waals surface area contributed by atoms with Crippen LogP contribution in [0.15, 0.2) is 20.0 Å². The highest BCUT2D eigenvalue weighted by Gasteiger charge is 2.22. The van der Waals surface area contributed by atoms with Crippen molar-refractivity contribution in [3.8, 4) is 0 Å². The minimum atomic E-state index is -0.267. The summed E-state index contributed by atoms with van der Waals surface area (Å²) in [5.74, 6) is 0.0192. The molecule has 0 aliphatic rings. The van der Waals surface area contributed by atoms with Gasteiger partial charge in [-0.3, -0.25) is 4.79 Å². The molecule has 1 N–H and O–H groups in total. The quantitative estimate of drug-likeness (QED) is 0.664. The van der Waals surface area contributed by atoms with Crippen LogP contribution in [0.25, 0.3) is 0 Å². The Morgan fingerprint density at radius 3 is 1.95 bits per heavy atom. The number of halogens is 2. The fraction of sp³-hybridized carbons (Fsp3) is 0.462. The van der Waals surface area contributed by atoms with Crippen LogP contribution in [-0.4, -0.2) is 35.1 Å². The number of aliphatic hydroxyl groups is 1. The van der Waals surface area contributed by atoms with Gasteiger partial charge in [-0.15, -0.1) is 22.7 Å². The number of methoxy groups -OCH3 is 1. The van der Waals surface area contributed by atoms with E-state index in [0.717, 1.165) is 21.3 Å². The highest BCUT2D eigenvalue weighted by molar-refractivity contribution is 9.10. The molecule has 2 heterocycles. The van der Waals surface area contributed by atoms with E-state index in [1.807, 2.05) is 19.2 Å². The van der Waals surface area contributed by atoms with Crippen molar-refractivity contribution in [2.45, 2.75) is 26.4 Å². The number of Topliss-reactive ketones (excluding diaryl/α,β-unsaturated/α-hetero) is 1. The fourth-order valence-electron chi connectivity index (χ4n) is 1.03. The van der Waals surface area contributed by atoms with Crippen molar-refractivity contribution in [3.63, 3.8) is 0 Å². The molecule has 0 unspecified atom stereocenters. The molecular formula is C13H18Br2N2O3S2. The Morgan fingerprint density at radius 2 is 1.68 bits per heavy atom. The van der Waals surface area contributed by atoms with Gasteiger partial charge in [0.2, 0.25) is 0 Å². The zero-order valence-electron chi connectivity index (χ0n) is 12.9. The summed E-state index contributed by atoms with van der Waals surface area (Å²) in [4.78, 5) is 18.7. The third-order valence-electron chi connectivity index (χ3n) is 2.28. The lowest BCUT2D eigenvalue weighted by Crippen LogP contribution is -2.18. The second kappa shape index (κ2) is 10.6. The molecule has 0 spiro atoms. The first-order chi connectivity index (χ1) is 10.3. The number of nitrogens with zero attached hydrogens (tertiary/aromatic N) is 2. The van der Waals surface area contributed by atoms with E-state index in [-0.39, 0.29) is 11.4 Å². The van der Waals surface area contributed by atoms with Gasteiger partial charge in [-0.1, -0.05) is 0 Å². The van der Waals surface area contributed by atoms with Crippen molar-refractivity contribution in [2.24, 2.45) is 0 Å². The van der Waals surface area contributed by atoms with Crippen molar-refractivity contribution in [1.29, 1.82) is 0 Å². The first kappa shape index (κ1) is 21.8. The van der Waals surface area contributed by atoms with Gasteiger partial charge < -0.3 is 9.84 Å². The van der Waals surface area contributed by atoms with Gasteiger partial charge in [0.15, 0.2) is 10.8 Å². The Labute approximate surface area is 155 Å². The molecule has 0 saturated carbocycles. The molecule has 0 aliphatic heterocycles. The van der Waals surface area contributed by atoms with Crippen molar-refractivity contribution < 1.29 is 14.6 Å². The molecule has 0 atom stereocenters. The summed E-state index contributed by atoms with van der Waals surface area (Å²) in [6, 6.07) is 0. The van der Waals surface area contributed by atoms with Crippen LogP contribution in [0.5, 0.6) is 0 Å². The van der Waals surface area contributed by atoms with E-state index in [4.69, 9.17) is 9.84 Å². The first-order valence-corrected chi connectivity index (χ1v) is 9.34. The predicted molar refractivity (Wildman–Crippen MR) is 97.8 cm³/mol. The molecular weight excluding hydrogens is 456 g/mol. The second-order valence-corrected chi connectivity index (χ2v) is 7.56. The van der Waals surface area contributed by atoms with Crippen LogP contribution >= 0.6 is 54.5 Å². The van der Waals surface area contributed by atoms with Crippen LogP contribution in [0.2, 0.25) is 0 Å². The van der Waals surface area contributed by atoms with Gasteiger partial charge >= 0.3 is 0 Å². The molecule has 0 bridgehead atoms. The minimum absolute atomic E-state index is 0.0192. The Morgan fingerprint density at radius 1 is 1.18 bits per heavy atom. The summed E-state index contributed by atoms with van der Waals surface area (Å²) in [5.41, 5.74) is -0.267. The van der Waals surface area contributed by atoms with E-state index in [2.05, 4.69) is 41.8 Å². The maximum Gasteiger partial charge on any atom is 0.188 e. The van der Waals surface area contributed by atoms with Gasteiger partial charge in [0.05, 0.1) is 0 Å². The van der Waals surface area contributed by atoms with E-state index in [1.165, 1.54) is 18.3 Å². The highest BCUT2D eigenvalue weighted by Crippen LogP contribution is 2.28. The van der Waals surface area contributed by atoms with Crippen LogP contribution in [0, 0.1) is 0 Å². The van der Waals surface area contributed by atoms with Crippen molar-refractivity contribution in [2.75, 3.05) is 14.2 Å². The zero-order chi connectivity index (χ0) is 17.3. The maximum atomic E-state index is 10.6. The number of carbonyl (C=O) groups excluding carboxylic acids is 1. The van der Waals surface area contributed by atoms with Crippen molar-refractivity contribution >= 4 is 60.3 Å². The molecule has 0 amide bonds. The zero-order valence-corrected chi connectivity index (χ0v) is 17.7. The molecule has 0 saturated heterocycles. The number of hydrogen-bond acceptors (Lipinski definition) is 7. The van der Waals surface area contributed by atoms with E-state index in [1.54, 1.807) is 23.8 Å². The van der Waals surface area contributed by atoms with E-state index >= 15 is 0 Å². The van der Waals surface area contributed by atoms with Crippen LogP contribution in [-0.2, 0) is 10.3 Å². The Hall–Kier alpha value is -0.190. The molecule has 2 aromatic heterocycles.